The van der Waals surface area contributed by atoms with Crippen LogP contribution in [-0.2, 0) is 11.2 Å². The number of hydrogen-bond acceptors (Lipinski definition) is 4. The summed E-state index contributed by atoms with van der Waals surface area (Å²) in [7, 11) is 2.14. The van der Waals surface area contributed by atoms with Crippen LogP contribution in [0.2, 0.25) is 0 Å². The van der Waals surface area contributed by atoms with Gasteiger partial charge in [0.1, 0.15) is 5.84 Å². The van der Waals surface area contributed by atoms with E-state index in [2.05, 4.69) is 17.3 Å². The van der Waals surface area contributed by atoms with Crippen molar-refractivity contribution in [1.29, 1.82) is 5.41 Å². The van der Waals surface area contributed by atoms with Crippen LogP contribution in [0.3, 0.4) is 0 Å². The number of nitrogens with one attached hydrogen (secondary N) is 2. The number of likely N-dealkylation sites (tertiary alicyclic amines) is 1. The van der Waals surface area contributed by atoms with Gasteiger partial charge in [0.15, 0.2) is 0 Å². The van der Waals surface area contributed by atoms with Crippen molar-refractivity contribution in [2.45, 2.75) is 89.5 Å². The molecule has 0 bridgehead atoms. The van der Waals surface area contributed by atoms with Crippen molar-refractivity contribution < 1.29 is 13.6 Å². The number of hydrogen-bond donors (Lipinski definition) is 2. The largest absolute Gasteiger partial charge is 0.385 e. The Hall–Kier alpha value is -2.48. The van der Waals surface area contributed by atoms with Gasteiger partial charge in [-0.05, 0) is 81.8 Å². The molecule has 208 valence electrons. The van der Waals surface area contributed by atoms with Crippen LogP contribution >= 0.6 is 0 Å². The van der Waals surface area contributed by atoms with Crippen LogP contribution in [-0.4, -0.2) is 67.4 Å². The first-order chi connectivity index (χ1) is 18.3. The number of aryl methyl sites for hydroxylation is 1. The first kappa shape index (κ1) is 27.1. The molecular weight excluding hydrogens is 484 g/mol. The minimum Gasteiger partial charge on any atom is -0.385 e. The zero-order valence-corrected chi connectivity index (χ0v) is 23.0. The van der Waals surface area contributed by atoms with Crippen molar-refractivity contribution in [2.24, 2.45) is 0 Å². The molecule has 3 aliphatic heterocycles. The molecule has 0 atom stereocenters. The van der Waals surface area contributed by atoms with Crippen LogP contribution < -0.4 is 10.2 Å². The van der Waals surface area contributed by atoms with Crippen molar-refractivity contribution in [3.8, 4) is 0 Å². The number of fused-ring (bicyclic) bond motifs is 1. The highest BCUT2D eigenvalue weighted by molar-refractivity contribution is 6.09. The molecule has 8 heteroatoms. The van der Waals surface area contributed by atoms with Gasteiger partial charge in [-0.3, -0.25) is 10.2 Å². The number of alkyl halides is 2. The Bertz CT molecular complexity index is 1070. The Kier molecular flexibility index (Phi) is 8.36. The van der Waals surface area contributed by atoms with Crippen molar-refractivity contribution in [2.75, 3.05) is 44.7 Å². The van der Waals surface area contributed by atoms with Crippen LogP contribution in [0.25, 0.3) is 0 Å². The number of piperidine rings is 1. The van der Waals surface area contributed by atoms with Gasteiger partial charge >= 0.3 is 0 Å². The maximum absolute atomic E-state index is 14.4. The Balaban J connectivity index is 1.47. The molecule has 1 saturated carbocycles. The lowest BCUT2D eigenvalue weighted by Crippen LogP contribution is -2.47. The topological polar surface area (TPSA) is 62.7 Å². The van der Waals surface area contributed by atoms with Crippen molar-refractivity contribution >= 4 is 17.4 Å². The quantitative estimate of drug-likeness (QED) is 0.387. The molecule has 0 unspecified atom stereocenters. The van der Waals surface area contributed by atoms with Gasteiger partial charge < -0.3 is 20.0 Å². The fraction of sp³-hybridized carbons (Fsp3) is 0.667. The molecular formula is C30H43F2N5O. The highest BCUT2D eigenvalue weighted by Gasteiger charge is 2.32. The second kappa shape index (κ2) is 11.7. The van der Waals surface area contributed by atoms with Crippen LogP contribution in [0.1, 0.15) is 93.7 Å². The van der Waals surface area contributed by atoms with Crippen molar-refractivity contribution in [3.05, 3.63) is 40.1 Å². The number of anilines is 1. The number of amides is 1. The average Bonchev–Trinajstić information content (AvgIpc) is 2.93. The van der Waals surface area contributed by atoms with Gasteiger partial charge in [0, 0.05) is 55.0 Å². The van der Waals surface area contributed by atoms with E-state index in [1.807, 2.05) is 11.0 Å². The molecule has 2 fully saturated rings. The minimum absolute atomic E-state index is 0.00444. The fourth-order valence-electron chi connectivity index (χ4n) is 6.83. The zero-order chi connectivity index (χ0) is 26.8. The standard InChI is InChI=1S/C30H43F2N5O/c1-20(38)36-16-12-27(34-23-10-14-35(2)15-11-23)26(19-36)30(33)37-13-6-9-22-17-24(21-7-4-3-5-8-21)25(29(31)32)18-28(22)37/h17-18,21,23,29,33-34H,3-16,19H2,1-2H3. The van der Waals surface area contributed by atoms with E-state index in [4.69, 9.17) is 0 Å². The van der Waals surface area contributed by atoms with Crippen LogP contribution in [0.5, 0.6) is 0 Å². The van der Waals surface area contributed by atoms with Gasteiger partial charge in [0.05, 0.1) is 6.54 Å². The van der Waals surface area contributed by atoms with E-state index in [1.165, 1.54) is 6.42 Å². The lowest BCUT2D eigenvalue weighted by Gasteiger charge is -2.39. The van der Waals surface area contributed by atoms with Gasteiger partial charge in [-0.15, -0.1) is 0 Å². The third-order valence-electron chi connectivity index (χ3n) is 9.13. The van der Waals surface area contributed by atoms with Crippen molar-refractivity contribution in [3.63, 3.8) is 0 Å². The summed E-state index contributed by atoms with van der Waals surface area (Å²) in [6, 6.07) is 4.08. The molecule has 3 heterocycles. The lowest BCUT2D eigenvalue weighted by molar-refractivity contribution is -0.128. The van der Waals surface area contributed by atoms with E-state index in [0.717, 1.165) is 92.5 Å². The summed E-state index contributed by atoms with van der Waals surface area (Å²) in [6.45, 7) is 5.30. The van der Waals surface area contributed by atoms with Gasteiger partial charge in [0.2, 0.25) is 5.91 Å². The fourth-order valence-corrected chi connectivity index (χ4v) is 6.83. The number of carbonyl (C=O) groups excluding carboxylic acids is 1. The maximum atomic E-state index is 14.4. The Morgan fingerprint density at radius 1 is 1.00 bits per heavy atom. The normalized spacial score (nSPS) is 22.1. The molecule has 0 aromatic heterocycles. The number of benzene rings is 1. The van der Waals surface area contributed by atoms with Gasteiger partial charge in [-0.2, -0.15) is 0 Å². The molecule has 2 N–H and O–H groups in total. The Morgan fingerprint density at radius 3 is 2.42 bits per heavy atom. The van der Waals surface area contributed by atoms with E-state index in [-0.39, 0.29) is 17.4 Å². The second-order valence-electron chi connectivity index (χ2n) is 11.7. The summed E-state index contributed by atoms with van der Waals surface area (Å²) in [5.74, 6) is 0.561. The molecule has 4 aliphatic rings. The number of carbonyl (C=O) groups is 1. The highest BCUT2D eigenvalue weighted by Crippen LogP contribution is 2.42. The van der Waals surface area contributed by atoms with Crippen LogP contribution in [0, 0.1) is 5.41 Å². The van der Waals surface area contributed by atoms with Crippen LogP contribution in [0.4, 0.5) is 14.5 Å². The summed E-state index contributed by atoms with van der Waals surface area (Å²) in [5, 5.41) is 13.1. The van der Waals surface area contributed by atoms with E-state index in [9.17, 15) is 19.0 Å². The predicted octanol–water partition coefficient (Wildman–Crippen LogP) is 5.59. The number of halogens is 2. The summed E-state index contributed by atoms with van der Waals surface area (Å²) in [5.41, 5.74) is 4.67. The molecule has 1 aromatic rings. The molecule has 1 aliphatic carbocycles. The first-order valence-corrected chi connectivity index (χ1v) is 14.6. The van der Waals surface area contributed by atoms with Crippen molar-refractivity contribution in [1.82, 2.24) is 15.1 Å². The Morgan fingerprint density at radius 2 is 1.74 bits per heavy atom. The van der Waals surface area contributed by atoms with E-state index < -0.39 is 6.43 Å². The molecule has 5 rings (SSSR count). The molecule has 6 nitrogen and oxygen atoms in total. The third kappa shape index (κ3) is 5.75. The predicted molar refractivity (Wildman–Crippen MR) is 148 cm³/mol. The third-order valence-corrected chi connectivity index (χ3v) is 9.13. The van der Waals surface area contributed by atoms with E-state index in [1.54, 1.807) is 17.9 Å². The molecule has 1 aromatic carbocycles. The van der Waals surface area contributed by atoms with Crippen LogP contribution in [0.15, 0.2) is 23.4 Å². The summed E-state index contributed by atoms with van der Waals surface area (Å²) >= 11 is 0. The summed E-state index contributed by atoms with van der Waals surface area (Å²) < 4.78 is 28.8. The monoisotopic (exact) mass is 527 g/mol. The Labute approximate surface area is 225 Å². The SMILES string of the molecule is CC(=O)N1CCC(NC2CCN(C)CC2)=C(C(=N)N2CCCc3cc(C4CCCCC4)c(C(F)F)cc32)C1. The molecule has 1 saturated heterocycles. The smallest absolute Gasteiger partial charge is 0.264 e. The molecule has 1 amide bonds. The first-order valence-electron chi connectivity index (χ1n) is 14.6. The molecule has 38 heavy (non-hydrogen) atoms. The highest BCUT2D eigenvalue weighted by atomic mass is 19.3. The van der Waals surface area contributed by atoms with Gasteiger partial charge in [-0.1, -0.05) is 25.3 Å². The van der Waals surface area contributed by atoms with E-state index in [0.29, 0.717) is 37.9 Å². The summed E-state index contributed by atoms with van der Waals surface area (Å²) in [4.78, 5) is 18.4. The zero-order valence-electron chi connectivity index (χ0n) is 23.0. The molecule has 0 radical (unpaired) electrons. The summed E-state index contributed by atoms with van der Waals surface area (Å²) in [6.07, 6.45) is 7.36. The maximum Gasteiger partial charge on any atom is 0.264 e. The van der Waals surface area contributed by atoms with E-state index >= 15 is 0 Å². The van der Waals surface area contributed by atoms with Gasteiger partial charge in [-0.25, -0.2) is 8.78 Å². The lowest BCUT2D eigenvalue weighted by atomic mass is 9.80. The number of amidine groups is 1. The number of nitrogens with zero attached hydrogens (tertiary/aromatic N) is 3. The average molecular weight is 528 g/mol. The minimum atomic E-state index is -2.53. The van der Waals surface area contributed by atoms with Gasteiger partial charge in [0.25, 0.3) is 6.43 Å². The number of rotatable bonds is 5. The molecule has 0 spiro atoms. The second-order valence-corrected chi connectivity index (χ2v) is 11.7.